The average molecular weight is 482 g/mol. The molecule has 3 rings (SSSR count). The Morgan fingerprint density at radius 1 is 0.829 bits per heavy atom. The third-order valence-corrected chi connectivity index (χ3v) is 5.39. The van der Waals surface area contributed by atoms with Gasteiger partial charge in [-0.3, -0.25) is 4.79 Å². The maximum Gasteiger partial charge on any atom is 0.387 e. The van der Waals surface area contributed by atoms with Crippen LogP contribution in [0.2, 0.25) is 0 Å². The van der Waals surface area contributed by atoms with Crippen LogP contribution in [0.15, 0.2) is 78.9 Å². The lowest BCUT2D eigenvalue weighted by Crippen LogP contribution is -2.37. The van der Waals surface area contributed by atoms with Gasteiger partial charge >= 0.3 is 6.61 Å². The second-order valence-electron chi connectivity index (χ2n) is 7.70. The Bertz CT molecular complexity index is 1090. The van der Waals surface area contributed by atoms with Gasteiger partial charge in [0.2, 0.25) is 0 Å². The molecular weight excluding hydrogens is 452 g/mol. The Morgan fingerprint density at radius 3 is 2.00 bits per heavy atom. The number of hydrogen-bond acceptors (Lipinski definition) is 4. The van der Waals surface area contributed by atoms with E-state index in [1.54, 1.807) is 43.4 Å². The fraction of sp³-hybridized carbons (Fsp3) is 0.250. The van der Waals surface area contributed by atoms with E-state index < -0.39 is 6.61 Å². The number of ether oxygens (including phenoxy) is 3. The van der Waals surface area contributed by atoms with Gasteiger partial charge < -0.3 is 19.1 Å². The predicted molar refractivity (Wildman–Crippen MR) is 133 cm³/mol. The summed E-state index contributed by atoms with van der Waals surface area (Å²) in [4.78, 5) is 15.3. The van der Waals surface area contributed by atoms with E-state index in [0.717, 1.165) is 11.1 Å². The zero-order chi connectivity index (χ0) is 25.0. The molecule has 35 heavy (non-hydrogen) atoms. The number of alkyl halides is 2. The quantitative estimate of drug-likeness (QED) is 0.249. The minimum absolute atomic E-state index is 0.00552. The molecule has 184 valence electrons. The van der Waals surface area contributed by atoms with Crippen LogP contribution in [0.25, 0.3) is 22.8 Å². The van der Waals surface area contributed by atoms with Gasteiger partial charge in [-0.1, -0.05) is 72.8 Å². The van der Waals surface area contributed by atoms with E-state index in [9.17, 15) is 13.6 Å². The fourth-order valence-electron chi connectivity index (χ4n) is 3.59. The van der Waals surface area contributed by atoms with Crippen molar-refractivity contribution in [2.75, 3.05) is 40.5 Å². The summed E-state index contributed by atoms with van der Waals surface area (Å²) in [7, 11) is 3.13. The van der Waals surface area contributed by atoms with Crippen LogP contribution in [0.1, 0.15) is 11.1 Å². The van der Waals surface area contributed by atoms with E-state index in [4.69, 9.17) is 9.47 Å². The zero-order valence-electron chi connectivity index (χ0n) is 19.8. The number of para-hydroxylation sites is 1. The van der Waals surface area contributed by atoms with Crippen molar-refractivity contribution >= 4 is 17.6 Å². The van der Waals surface area contributed by atoms with Crippen molar-refractivity contribution in [3.05, 3.63) is 90.0 Å². The summed E-state index contributed by atoms with van der Waals surface area (Å²) in [6.45, 7) is -1.57. The van der Waals surface area contributed by atoms with Crippen LogP contribution < -0.4 is 4.74 Å². The molecule has 0 saturated carbocycles. The standard InChI is InChI=1S/C28H29F2NO4/c1-33-18-16-31(17-19-34-2)27(32)25(20-24-10-6-7-11-26(24)35-28(29)30)23-14-12-22(13-15-23)21-8-4-3-5-9-21/h3-15,20,28H,16-19H2,1-2H3. The first kappa shape index (κ1) is 26.1. The minimum atomic E-state index is -2.98. The van der Waals surface area contributed by atoms with Crippen LogP contribution in [0.4, 0.5) is 8.78 Å². The van der Waals surface area contributed by atoms with Crippen LogP contribution in [0.5, 0.6) is 5.75 Å². The van der Waals surface area contributed by atoms with Crippen LogP contribution in [0, 0.1) is 0 Å². The SMILES string of the molecule is COCCN(CCOC)C(=O)C(=Cc1ccccc1OC(F)F)c1ccc(-c2ccccc2)cc1. The molecule has 0 aliphatic rings. The normalized spacial score (nSPS) is 11.5. The van der Waals surface area contributed by atoms with Crippen molar-refractivity contribution < 1.29 is 27.8 Å². The summed E-state index contributed by atoms with van der Waals surface area (Å²) >= 11 is 0. The molecule has 0 aliphatic carbocycles. The van der Waals surface area contributed by atoms with Crippen molar-refractivity contribution in [3.63, 3.8) is 0 Å². The Morgan fingerprint density at radius 2 is 1.40 bits per heavy atom. The molecular formula is C28H29F2NO4. The van der Waals surface area contributed by atoms with Crippen molar-refractivity contribution in [3.8, 4) is 16.9 Å². The maximum atomic E-state index is 13.7. The first-order valence-electron chi connectivity index (χ1n) is 11.2. The number of rotatable bonds is 12. The molecule has 0 saturated heterocycles. The third-order valence-electron chi connectivity index (χ3n) is 5.39. The van der Waals surface area contributed by atoms with Gasteiger partial charge in [0.25, 0.3) is 5.91 Å². The summed E-state index contributed by atoms with van der Waals surface area (Å²) in [5.74, 6) is -0.271. The second kappa shape index (κ2) is 13.4. The lowest BCUT2D eigenvalue weighted by molar-refractivity contribution is -0.126. The molecule has 0 fully saturated rings. The molecule has 0 aliphatic heterocycles. The molecule has 0 aromatic heterocycles. The molecule has 0 N–H and O–H groups in total. The van der Waals surface area contributed by atoms with Crippen LogP contribution in [0.3, 0.4) is 0 Å². The number of carbonyl (C=O) groups excluding carboxylic acids is 1. The number of amides is 1. The van der Waals surface area contributed by atoms with E-state index in [-0.39, 0.29) is 11.7 Å². The summed E-state index contributed by atoms with van der Waals surface area (Å²) in [5, 5.41) is 0. The van der Waals surface area contributed by atoms with E-state index in [0.29, 0.717) is 43.0 Å². The average Bonchev–Trinajstić information content (AvgIpc) is 2.88. The van der Waals surface area contributed by atoms with Gasteiger partial charge in [0.05, 0.1) is 13.2 Å². The highest BCUT2D eigenvalue weighted by Crippen LogP contribution is 2.29. The molecule has 0 radical (unpaired) electrons. The van der Waals surface area contributed by atoms with Gasteiger partial charge in [-0.05, 0) is 28.8 Å². The summed E-state index contributed by atoms with van der Waals surface area (Å²) in [5.41, 5.74) is 3.43. The van der Waals surface area contributed by atoms with Gasteiger partial charge in [0.1, 0.15) is 5.75 Å². The molecule has 0 spiro atoms. The maximum absolute atomic E-state index is 13.7. The molecule has 1 amide bonds. The Labute approximate surface area is 204 Å². The lowest BCUT2D eigenvalue weighted by atomic mass is 9.97. The van der Waals surface area contributed by atoms with Crippen molar-refractivity contribution in [2.24, 2.45) is 0 Å². The molecule has 3 aromatic carbocycles. The summed E-state index contributed by atoms with van der Waals surface area (Å²) in [6.07, 6.45) is 1.59. The first-order valence-corrected chi connectivity index (χ1v) is 11.2. The molecule has 0 bridgehead atoms. The van der Waals surface area contributed by atoms with Crippen molar-refractivity contribution in [1.29, 1.82) is 0 Å². The van der Waals surface area contributed by atoms with E-state index in [1.165, 1.54) is 6.07 Å². The van der Waals surface area contributed by atoms with Gasteiger partial charge in [-0.15, -0.1) is 0 Å². The summed E-state index contributed by atoms with van der Waals surface area (Å²) in [6, 6.07) is 23.9. The highest BCUT2D eigenvalue weighted by atomic mass is 19.3. The van der Waals surface area contributed by atoms with Gasteiger partial charge in [0, 0.05) is 38.4 Å². The van der Waals surface area contributed by atoms with Crippen LogP contribution in [-0.2, 0) is 14.3 Å². The highest BCUT2D eigenvalue weighted by Gasteiger charge is 2.21. The Balaban J connectivity index is 2.05. The second-order valence-corrected chi connectivity index (χ2v) is 7.70. The zero-order valence-corrected chi connectivity index (χ0v) is 19.8. The Hall–Kier alpha value is -3.55. The smallest absolute Gasteiger partial charge is 0.387 e. The number of benzene rings is 3. The lowest BCUT2D eigenvalue weighted by Gasteiger charge is -2.24. The highest BCUT2D eigenvalue weighted by molar-refractivity contribution is 6.24. The number of halogens is 2. The number of nitrogens with zero attached hydrogens (tertiary/aromatic N) is 1. The number of hydrogen-bond donors (Lipinski definition) is 0. The minimum Gasteiger partial charge on any atom is -0.434 e. The van der Waals surface area contributed by atoms with Crippen molar-refractivity contribution in [2.45, 2.75) is 6.61 Å². The fourth-order valence-corrected chi connectivity index (χ4v) is 3.59. The monoisotopic (exact) mass is 481 g/mol. The number of methoxy groups -OCH3 is 2. The number of carbonyl (C=O) groups is 1. The summed E-state index contributed by atoms with van der Waals surface area (Å²) < 4.78 is 41.0. The van der Waals surface area contributed by atoms with E-state index >= 15 is 0 Å². The first-order chi connectivity index (χ1) is 17.0. The van der Waals surface area contributed by atoms with Crippen molar-refractivity contribution in [1.82, 2.24) is 4.90 Å². The molecule has 7 heteroatoms. The third kappa shape index (κ3) is 7.47. The molecule has 0 heterocycles. The van der Waals surface area contributed by atoms with Crippen LogP contribution >= 0.6 is 0 Å². The van der Waals surface area contributed by atoms with Gasteiger partial charge in [-0.2, -0.15) is 8.78 Å². The molecule has 0 unspecified atom stereocenters. The molecule has 3 aromatic rings. The van der Waals surface area contributed by atoms with E-state index in [2.05, 4.69) is 4.74 Å². The molecule has 0 atom stereocenters. The van der Waals surface area contributed by atoms with E-state index in [1.807, 2.05) is 54.6 Å². The predicted octanol–water partition coefficient (Wildman–Crippen LogP) is 5.62. The van der Waals surface area contributed by atoms with Gasteiger partial charge in [-0.25, -0.2) is 0 Å². The topological polar surface area (TPSA) is 48.0 Å². The molecule has 5 nitrogen and oxygen atoms in total. The Kier molecular flexibility index (Phi) is 9.95. The van der Waals surface area contributed by atoms with Crippen LogP contribution in [-0.4, -0.2) is 57.9 Å². The largest absolute Gasteiger partial charge is 0.434 e. The van der Waals surface area contributed by atoms with Gasteiger partial charge in [0.15, 0.2) is 0 Å².